The molecule has 0 amide bonds. The summed E-state index contributed by atoms with van der Waals surface area (Å²) >= 11 is 0. The van der Waals surface area contributed by atoms with E-state index in [0.717, 1.165) is 18.6 Å². The summed E-state index contributed by atoms with van der Waals surface area (Å²) in [6, 6.07) is -1.04. The third kappa shape index (κ3) is 9.85. The van der Waals surface area contributed by atoms with Crippen LogP contribution in [0, 0.1) is 11.8 Å². The first-order valence-electron chi connectivity index (χ1n) is 13.7. The number of carboxylic acids is 1. The lowest BCUT2D eigenvalue weighted by Crippen LogP contribution is -2.39. The van der Waals surface area contributed by atoms with E-state index in [9.17, 15) is 14.5 Å². The number of ether oxygens (including phenoxy) is 1. The zero-order chi connectivity index (χ0) is 29.2. The Bertz CT molecular complexity index is 1130. The second-order valence-electron chi connectivity index (χ2n) is 10.9. The van der Waals surface area contributed by atoms with Gasteiger partial charge in [0.2, 0.25) is 0 Å². The SMILES string of the molecule is CCCCCN([C@@H](C)C(=O)O)P(=O)(CO[C@H](C)Cn1cnc2c(N)ncnc21)ON=C(CC(C)C)CC(C)C. The van der Waals surface area contributed by atoms with Crippen molar-refractivity contribution in [2.24, 2.45) is 17.0 Å². The average Bonchev–Trinajstić information content (AvgIpc) is 3.27. The smallest absolute Gasteiger partial charge is 0.367 e. The van der Waals surface area contributed by atoms with Crippen molar-refractivity contribution in [2.45, 2.75) is 99.3 Å². The van der Waals surface area contributed by atoms with Gasteiger partial charge in [-0.25, -0.2) is 19.6 Å². The summed E-state index contributed by atoms with van der Waals surface area (Å²) in [6.45, 7) is 14.4. The largest absolute Gasteiger partial charge is 0.480 e. The molecule has 0 bridgehead atoms. The van der Waals surface area contributed by atoms with E-state index in [1.807, 2.05) is 6.92 Å². The van der Waals surface area contributed by atoms with Crippen molar-refractivity contribution < 1.29 is 23.8 Å². The van der Waals surface area contributed by atoms with Crippen LogP contribution >= 0.6 is 7.52 Å². The summed E-state index contributed by atoms with van der Waals surface area (Å²) in [7, 11) is -3.85. The van der Waals surface area contributed by atoms with Crippen LogP contribution in [0.2, 0.25) is 0 Å². The molecule has 3 N–H and O–H groups in total. The van der Waals surface area contributed by atoms with Gasteiger partial charge in [-0.3, -0.25) is 9.36 Å². The van der Waals surface area contributed by atoms with Crippen LogP contribution in [0.1, 0.15) is 80.6 Å². The number of carboxylic acid groups (broad SMARTS) is 1. The molecule has 2 aromatic heterocycles. The van der Waals surface area contributed by atoms with Crippen LogP contribution in [0.5, 0.6) is 0 Å². The molecule has 12 nitrogen and oxygen atoms in total. The van der Waals surface area contributed by atoms with E-state index in [-0.39, 0.29) is 18.7 Å². The lowest BCUT2D eigenvalue weighted by Gasteiger charge is -2.32. The molecule has 1 unspecified atom stereocenters. The summed E-state index contributed by atoms with van der Waals surface area (Å²) in [6.07, 6.45) is 6.09. The maximum absolute atomic E-state index is 14.4. The Hall–Kier alpha value is -2.56. The van der Waals surface area contributed by atoms with Gasteiger partial charge in [0.15, 0.2) is 11.5 Å². The minimum Gasteiger partial charge on any atom is -0.480 e. The number of rotatable bonds is 18. The molecule has 0 aliphatic rings. The molecule has 0 aliphatic heterocycles. The maximum Gasteiger partial charge on any atom is 0.367 e. The Morgan fingerprint density at radius 1 is 1.13 bits per heavy atom. The van der Waals surface area contributed by atoms with Gasteiger partial charge in [-0.1, -0.05) is 52.6 Å². The van der Waals surface area contributed by atoms with Crippen LogP contribution in [-0.4, -0.2) is 66.0 Å². The van der Waals surface area contributed by atoms with Crippen molar-refractivity contribution in [1.82, 2.24) is 24.2 Å². The van der Waals surface area contributed by atoms with Crippen LogP contribution in [0.25, 0.3) is 11.2 Å². The predicted octanol–water partition coefficient (Wildman–Crippen LogP) is 5.39. The summed E-state index contributed by atoms with van der Waals surface area (Å²) in [5.41, 5.74) is 7.75. The van der Waals surface area contributed by atoms with Crippen LogP contribution < -0.4 is 5.73 Å². The number of nitrogen functional groups attached to an aromatic ring is 1. The van der Waals surface area contributed by atoms with Gasteiger partial charge in [0.1, 0.15) is 24.2 Å². The van der Waals surface area contributed by atoms with Crippen LogP contribution in [0.4, 0.5) is 5.82 Å². The van der Waals surface area contributed by atoms with E-state index in [1.54, 1.807) is 10.9 Å². The van der Waals surface area contributed by atoms with Crippen molar-refractivity contribution in [2.75, 3.05) is 18.6 Å². The topological polar surface area (TPSA) is 158 Å². The standard InChI is InChI=1S/C26H46N7O5P/c1-8-9-10-11-33(21(7)26(34)35)39(36,38-31-22(12-18(2)3)13-19(4)5)17-37-20(6)14-32-16-30-23-24(27)28-15-29-25(23)32/h15-16,18-21H,8-14,17H2,1-7H3,(H,34,35)(H2,27,28,29)/t20-,21+,39?/m1/s1. The summed E-state index contributed by atoms with van der Waals surface area (Å²) in [5, 5.41) is 14.2. The Morgan fingerprint density at radius 3 is 2.38 bits per heavy atom. The highest BCUT2D eigenvalue weighted by Gasteiger charge is 2.40. The first kappa shape index (κ1) is 32.7. The number of hydrogen-bond donors (Lipinski definition) is 2. The maximum atomic E-state index is 14.4. The fourth-order valence-corrected chi connectivity index (χ4v) is 6.26. The lowest BCUT2D eigenvalue weighted by molar-refractivity contribution is -0.141. The minimum atomic E-state index is -3.85. The molecule has 0 aliphatic carbocycles. The molecule has 0 aromatic carbocycles. The van der Waals surface area contributed by atoms with E-state index in [4.69, 9.17) is 15.1 Å². The van der Waals surface area contributed by atoms with Crippen molar-refractivity contribution in [3.63, 3.8) is 0 Å². The first-order chi connectivity index (χ1) is 18.4. The van der Waals surface area contributed by atoms with Gasteiger partial charge in [0, 0.05) is 6.54 Å². The Labute approximate surface area is 231 Å². The highest BCUT2D eigenvalue weighted by Crippen LogP contribution is 2.53. The number of anilines is 1. The van der Waals surface area contributed by atoms with E-state index in [1.165, 1.54) is 17.9 Å². The Kier molecular flexibility index (Phi) is 12.8. The fraction of sp³-hybridized carbons (Fsp3) is 0.731. The van der Waals surface area contributed by atoms with Gasteiger partial charge in [-0.2, -0.15) is 0 Å². The van der Waals surface area contributed by atoms with Gasteiger partial charge < -0.3 is 24.8 Å². The van der Waals surface area contributed by atoms with Crippen LogP contribution in [-0.2, 0) is 25.3 Å². The van der Waals surface area contributed by atoms with E-state index in [0.29, 0.717) is 48.8 Å². The van der Waals surface area contributed by atoms with Crippen LogP contribution in [0.3, 0.4) is 0 Å². The number of aromatic nitrogens is 4. The molecule has 220 valence electrons. The highest BCUT2D eigenvalue weighted by molar-refractivity contribution is 7.56. The molecule has 2 heterocycles. The molecule has 0 saturated carbocycles. The molecular weight excluding hydrogens is 521 g/mol. The number of fused-ring (bicyclic) bond motifs is 1. The Morgan fingerprint density at radius 2 is 1.79 bits per heavy atom. The second-order valence-corrected chi connectivity index (χ2v) is 13.1. The van der Waals surface area contributed by atoms with Crippen molar-refractivity contribution in [3.8, 4) is 0 Å². The zero-order valence-electron chi connectivity index (χ0n) is 24.4. The molecule has 0 radical (unpaired) electrons. The lowest BCUT2D eigenvalue weighted by atomic mass is 9.99. The van der Waals surface area contributed by atoms with E-state index in [2.05, 4.69) is 54.7 Å². The Balaban J connectivity index is 2.33. The molecule has 3 atom stereocenters. The fourth-order valence-electron chi connectivity index (χ4n) is 4.21. The van der Waals surface area contributed by atoms with Crippen LogP contribution in [0.15, 0.2) is 17.8 Å². The van der Waals surface area contributed by atoms with Crippen molar-refractivity contribution in [3.05, 3.63) is 12.7 Å². The van der Waals surface area contributed by atoms with Gasteiger partial charge in [-0.05, 0) is 44.9 Å². The molecule has 2 rings (SSSR count). The first-order valence-corrected chi connectivity index (χ1v) is 15.5. The number of unbranched alkanes of at least 4 members (excludes halogenated alkanes) is 2. The highest BCUT2D eigenvalue weighted by atomic mass is 31.2. The molecule has 2 aromatic rings. The quantitative estimate of drug-likeness (QED) is 0.103. The van der Waals surface area contributed by atoms with Gasteiger partial charge >= 0.3 is 13.5 Å². The number of nitrogens with two attached hydrogens (primary N) is 1. The van der Waals surface area contributed by atoms with Crippen molar-refractivity contribution in [1.29, 1.82) is 0 Å². The molecule has 0 saturated heterocycles. The molecule has 0 fully saturated rings. The summed E-state index contributed by atoms with van der Waals surface area (Å²) < 4.78 is 29.6. The molecule has 13 heteroatoms. The molecular formula is C26H46N7O5P. The van der Waals surface area contributed by atoms with Gasteiger partial charge in [0.25, 0.3) is 0 Å². The number of oxime groups is 1. The average molecular weight is 568 g/mol. The van der Waals surface area contributed by atoms with E-state index >= 15 is 0 Å². The third-order valence-electron chi connectivity index (χ3n) is 6.18. The summed E-state index contributed by atoms with van der Waals surface area (Å²) in [4.78, 5) is 24.5. The van der Waals surface area contributed by atoms with E-state index < -0.39 is 25.6 Å². The number of imidazole rings is 1. The normalized spacial score (nSPS) is 15.0. The number of aliphatic carboxylic acids is 1. The number of nitrogens with zero attached hydrogens (tertiary/aromatic N) is 6. The monoisotopic (exact) mass is 567 g/mol. The van der Waals surface area contributed by atoms with Gasteiger partial charge in [0.05, 0.1) is 24.7 Å². The van der Waals surface area contributed by atoms with Gasteiger partial charge in [-0.15, -0.1) is 0 Å². The third-order valence-corrected chi connectivity index (χ3v) is 8.32. The predicted molar refractivity (Wildman–Crippen MR) is 154 cm³/mol. The second kappa shape index (κ2) is 15.3. The minimum absolute atomic E-state index is 0.284. The zero-order valence-corrected chi connectivity index (χ0v) is 25.3. The molecule has 39 heavy (non-hydrogen) atoms. The van der Waals surface area contributed by atoms with Crippen molar-refractivity contribution >= 4 is 36.2 Å². The molecule has 0 spiro atoms. The number of carbonyl (C=O) groups is 1. The number of hydrogen-bond acceptors (Lipinski definition) is 9. The summed E-state index contributed by atoms with van der Waals surface area (Å²) in [5.74, 6) is -0.127.